The SMILES string of the molecule is CCSCc1noc(CNc2ccccc2)n1. The number of benzene rings is 1. The van der Waals surface area contributed by atoms with Crippen molar-refractivity contribution in [1.29, 1.82) is 0 Å². The third kappa shape index (κ3) is 3.78. The van der Waals surface area contributed by atoms with Crippen molar-refractivity contribution < 1.29 is 4.52 Å². The number of para-hydroxylation sites is 1. The number of nitrogens with zero attached hydrogens (tertiary/aromatic N) is 2. The van der Waals surface area contributed by atoms with E-state index in [1.165, 1.54) is 0 Å². The zero-order chi connectivity index (χ0) is 11.9. The van der Waals surface area contributed by atoms with Crippen LogP contribution in [0.15, 0.2) is 34.9 Å². The fourth-order valence-corrected chi connectivity index (χ4v) is 1.85. The average molecular weight is 249 g/mol. The Bertz CT molecular complexity index is 444. The summed E-state index contributed by atoms with van der Waals surface area (Å²) < 4.78 is 5.15. The van der Waals surface area contributed by atoms with Crippen molar-refractivity contribution in [2.45, 2.75) is 19.2 Å². The zero-order valence-electron chi connectivity index (χ0n) is 9.72. The van der Waals surface area contributed by atoms with Crippen molar-refractivity contribution >= 4 is 17.4 Å². The van der Waals surface area contributed by atoms with Gasteiger partial charge in [0.15, 0.2) is 5.82 Å². The van der Waals surface area contributed by atoms with Crippen LogP contribution in [-0.4, -0.2) is 15.9 Å². The summed E-state index contributed by atoms with van der Waals surface area (Å²) in [7, 11) is 0. The van der Waals surface area contributed by atoms with Crippen LogP contribution >= 0.6 is 11.8 Å². The van der Waals surface area contributed by atoms with E-state index in [9.17, 15) is 0 Å². The van der Waals surface area contributed by atoms with E-state index in [4.69, 9.17) is 4.52 Å². The third-order valence-corrected chi connectivity index (χ3v) is 3.03. The van der Waals surface area contributed by atoms with Gasteiger partial charge < -0.3 is 9.84 Å². The topological polar surface area (TPSA) is 51.0 Å². The highest BCUT2D eigenvalue weighted by atomic mass is 32.2. The highest BCUT2D eigenvalue weighted by Crippen LogP contribution is 2.10. The van der Waals surface area contributed by atoms with E-state index in [1.54, 1.807) is 11.8 Å². The van der Waals surface area contributed by atoms with E-state index in [2.05, 4.69) is 22.4 Å². The van der Waals surface area contributed by atoms with Crippen LogP contribution < -0.4 is 5.32 Å². The van der Waals surface area contributed by atoms with E-state index < -0.39 is 0 Å². The maximum absolute atomic E-state index is 5.15. The predicted octanol–water partition coefficient (Wildman–Crippen LogP) is 2.93. The Labute approximate surface area is 105 Å². The highest BCUT2D eigenvalue weighted by Gasteiger charge is 2.05. The molecule has 0 bridgehead atoms. The van der Waals surface area contributed by atoms with Crippen molar-refractivity contribution in [3.8, 4) is 0 Å². The smallest absolute Gasteiger partial charge is 0.245 e. The first-order chi connectivity index (χ1) is 8.38. The molecule has 2 rings (SSSR count). The van der Waals surface area contributed by atoms with Gasteiger partial charge in [-0.05, 0) is 17.9 Å². The van der Waals surface area contributed by atoms with Crippen LogP contribution in [0.1, 0.15) is 18.6 Å². The van der Waals surface area contributed by atoms with Gasteiger partial charge in [-0.1, -0.05) is 30.3 Å². The van der Waals surface area contributed by atoms with Gasteiger partial charge in [0.1, 0.15) is 0 Å². The Hall–Kier alpha value is -1.49. The minimum atomic E-state index is 0.563. The predicted molar refractivity (Wildman–Crippen MR) is 69.9 cm³/mol. The summed E-state index contributed by atoms with van der Waals surface area (Å²) in [4.78, 5) is 4.30. The summed E-state index contributed by atoms with van der Waals surface area (Å²) >= 11 is 1.78. The van der Waals surface area contributed by atoms with Crippen molar-refractivity contribution in [1.82, 2.24) is 10.1 Å². The quantitative estimate of drug-likeness (QED) is 0.853. The van der Waals surface area contributed by atoms with Gasteiger partial charge in [0, 0.05) is 5.69 Å². The van der Waals surface area contributed by atoms with Crippen LogP contribution in [-0.2, 0) is 12.3 Å². The van der Waals surface area contributed by atoms with E-state index in [1.807, 2.05) is 30.3 Å². The molecule has 4 nitrogen and oxygen atoms in total. The molecular formula is C12H15N3OS. The molecule has 0 saturated heterocycles. The Kier molecular flexibility index (Phi) is 4.44. The van der Waals surface area contributed by atoms with Crippen molar-refractivity contribution in [2.75, 3.05) is 11.1 Å². The summed E-state index contributed by atoms with van der Waals surface area (Å²) in [6, 6.07) is 9.96. The Balaban J connectivity index is 1.85. The van der Waals surface area contributed by atoms with Gasteiger partial charge in [0.25, 0.3) is 0 Å². The zero-order valence-corrected chi connectivity index (χ0v) is 10.5. The lowest BCUT2D eigenvalue weighted by molar-refractivity contribution is 0.379. The molecule has 1 heterocycles. The molecule has 1 N–H and O–H groups in total. The van der Waals surface area contributed by atoms with Crippen molar-refractivity contribution in [2.24, 2.45) is 0 Å². The summed E-state index contributed by atoms with van der Waals surface area (Å²) in [5.74, 6) is 3.26. The van der Waals surface area contributed by atoms with Gasteiger partial charge in [0.2, 0.25) is 5.89 Å². The Morgan fingerprint density at radius 1 is 1.29 bits per heavy atom. The molecule has 5 heteroatoms. The average Bonchev–Trinajstić information content (AvgIpc) is 2.83. The number of thioether (sulfide) groups is 1. The molecule has 1 aromatic heterocycles. The molecule has 0 unspecified atom stereocenters. The number of nitrogens with one attached hydrogen (secondary N) is 1. The van der Waals surface area contributed by atoms with Gasteiger partial charge >= 0.3 is 0 Å². The fraction of sp³-hybridized carbons (Fsp3) is 0.333. The first-order valence-corrected chi connectivity index (χ1v) is 6.72. The lowest BCUT2D eigenvalue weighted by Gasteiger charge is -2.01. The molecule has 0 radical (unpaired) electrons. The lowest BCUT2D eigenvalue weighted by atomic mass is 10.3. The maximum atomic E-state index is 5.15. The van der Waals surface area contributed by atoms with Crippen LogP contribution in [0, 0.1) is 0 Å². The summed E-state index contributed by atoms with van der Waals surface area (Å²) in [5.41, 5.74) is 1.05. The van der Waals surface area contributed by atoms with E-state index in [0.717, 1.165) is 23.0 Å². The molecule has 17 heavy (non-hydrogen) atoms. The van der Waals surface area contributed by atoms with Crippen LogP contribution in [0.2, 0.25) is 0 Å². The minimum absolute atomic E-state index is 0.563. The molecule has 0 atom stereocenters. The van der Waals surface area contributed by atoms with Crippen molar-refractivity contribution in [3.05, 3.63) is 42.0 Å². The first-order valence-electron chi connectivity index (χ1n) is 5.56. The van der Waals surface area contributed by atoms with Gasteiger partial charge in [-0.25, -0.2) is 0 Å². The molecule has 0 fully saturated rings. The second kappa shape index (κ2) is 6.30. The Morgan fingerprint density at radius 3 is 2.88 bits per heavy atom. The van der Waals surface area contributed by atoms with Gasteiger partial charge in [-0.15, -0.1) is 0 Å². The van der Waals surface area contributed by atoms with Gasteiger partial charge in [-0.2, -0.15) is 16.7 Å². The molecular weight excluding hydrogens is 234 g/mol. The number of rotatable bonds is 6. The maximum Gasteiger partial charge on any atom is 0.245 e. The third-order valence-electron chi connectivity index (χ3n) is 2.16. The van der Waals surface area contributed by atoms with Gasteiger partial charge in [0.05, 0.1) is 12.3 Å². The van der Waals surface area contributed by atoms with Crippen LogP contribution in [0.4, 0.5) is 5.69 Å². The first kappa shape index (κ1) is 12.0. The van der Waals surface area contributed by atoms with E-state index in [0.29, 0.717) is 12.4 Å². The molecule has 1 aromatic carbocycles. The van der Waals surface area contributed by atoms with E-state index in [-0.39, 0.29) is 0 Å². The number of hydrogen-bond acceptors (Lipinski definition) is 5. The van der Waals surface area contributed by atoms with E-state index >= 15 is 0 Å². The fourth-order valence-electron chi connectivity index (χ4n) is 1.35. The largest absolute Gasteiger partial charge is 0.376 e. The van der Waals surface area contributed by atoms with Crippen LogP contribution in [0.25, 0.3) is 0 Å². The second-order valence-corrected chi connectivity index (χ2v) is 4.74. The van der Waals surface area contributed by atoms with Crippen LogP contribution in [0.3, 0.4) is 0 Å². The molecule has 0 aliphatic heterocycles. The summed E-state index contributed by atoms with van der Waals surface area (Å²) in [6.07, 6.45) is 0. The highest BCUT2D eigenvalue weighted by molar-refractivity contribution is 7.98. The standard InChI is InChI=1S/C12H15N3OS/c1-2-17-9-11-14-12(16-15-11)8-13-10-6-4-3-5-7-10/h3-7,13H,2,8-9H2,1H3. The molecule has 0 aliphatic rings. The number of aromatic nitrogens is 2. The van der Waals surface area contributed by atoms with Crippen LogP contribution in [0.5, 0.6) is 0 Å². The molecule has 2 aromatic rings. The second-order valence-electron chi connectivity index (χ2n) is 3.46. The van der Waals surface area contributed by atoms with Gasteiger partial charge in [-0.3, -0.25) is 0 Å². The summed E-state index contributed by atoms with van der Waals surface area (Å²) in [5, 5.41) is 7.15. The molecule has 0 saturated carbocycles. The molecule has 0 aliphatic carbocycles. The summed E-state index contributed by atoms with van der Waals surface area (Å²) in [6.45, 7) is 2.68. The van der Waals surface area contributed by atoms with Crippen molar-refractivity contribution in [3.63, 3.8) is 0 Å². The monoisotopic (exact) mass is 249 g/mol. The molecule has 0 amide bonds. The lowest BCUT2D eigenvalue weighted by Crippen LogP contribution is -1.99. The minimum Gasteiger partial charge on any atom is -0.376 e. The number of anilines is 1. The Morgan fingerprint density at radius 2 is 2.12 bits per heavy atom. The normalized spacial score (nSPS) is 10.4. The number of hydrogen-bond donors (Lipinski definition) is 1. The molecule has 0 spiro atoms. The molecule has 90 valence electrons.